The van der Waals surface area contributed by atoms with Crippen LogP contribution < -0.4 is 5.32 Å². The van der Waals surface area contributed by atoms with Gasteiger partial charge in [0, 0.05) is 26.1 Å². The van der Waals surface area contributed by atoms with Crippen LogP contribution in [0, 0.1) is 11.8 Å². The van der Waals surface area contributed by atoms with Crippen molar-refractivity contribution in [3.05, 3.63) is 0 Å². The van der Waals surface area contributed by atoms with Gasteiger partial charge in [0.25, 0.3) is 0 Å². The van der Waals surface area contributed by atoms with Crippen LogP contribution in [0.2, 0.25) is 0 Å². The zero-order valence-electron chi connectivity index (χ0n) is 12.9. The maximum Gasteiger partial charge on any atom is 0.317 e. The number of carbonyl (C=O) groups is 2. The minimum Gasteiger partial charge on any atom is -0.481 e. The number of carbonyl (C=O) groups excluding carboxylic acids is 1. The van der Waals surface area contributed by atoms with Gasteiger partial charge in [-0.15, -0.1) is 0 Å². The average molecular weight is 297 g/mol. The number of likely N-dealkylation sites (tertiary alicyclic amines) is 2. The van der Waals surface area contributed by atoms with Crippen molar-refractivity contribution in [3.8, 4) is 0 Å². The number of hydrogen-bond acceptors (Lipinski definition) is 3. The molecule has 1 atom stereocenters. The first-order chi connectivity index (χ1) is 10.0. The van der Waals surface area contributed by atoms with Crippen LogP contribution >= 0.6 is 0 Å². The summed E-state index contributed by atoms with van der Waals surface area (Å²) in [7, 11) is 2.15. The molecule has 0 bridgehead atoms. The van der Waals surface area contributed by atoms with Crippen LogP contribution in [0.3, 0.4) is 0 Å². The molecule has 0 saturated carbocycles. The zero-order valence-corrected chi connectivity index (χ0v) is 12.9. The highest BCUT2D eigenvalue weighted by atomic mass is 16.4. The molecule has 2 heterocycles. The number of amides is 2. The second-order valence-electron chi connectivity index (χ2n) is 6.47. The maximum atomic E-state index is 12.0. The Labute approximate surface area is 126 Å². The van der Waals surface area contributed by atoms with Crippen LogP contribution in [0.15, 0.2) is 0 Å². The number of aliphatic carboxylic acids is 1. The monoisotopic (exact) mass is 297 g/mol. The molecule has 2 rings (SSSR count). The van der Waals surface area contributed by atoms with Gasteiger partial charge in [-0.3, -0.25) is 4.79 Å². The van der Waals surface area contributed by atoms with Crippen LogP contribution in [-0.2, 0) is 4.79 Å². The number of nitrogens with one attached hydrogen (secondary N) is 1. The van der Waals surface area contributed by atoms with E-state index in [9.17, 15) is 9.59 Å². The molecule has 0 aromatic rings. The summed E-state index contributed by atoms with van der Waals surface area (Å²) in [6.07, 6.45) is 4.45. The molecule has 2 fully saturated rings. The number of carboxylic acid groups (broad SMARTS) is 1. The number of carboxylic acids is 1. The van der Waals surface area contributed by atoms with Crippen LogP contribution in [0.25, 0.3) is 0 Å². The summed E-state index contributed by atoms with van der Waals surface area (Å²) >= 11 is 0. The van der Waals surface area contributed by atoms with Crippen molar-refractivity contribution in [1.29, 1.82) is 0 Å². The molecule has 0 radical (unpaired) electrons. The number of urea groups is 1. The lowest BCUT2D eigenvalue weighted by molar-refractivity contribution is -0.138. The quantitative estimate of drug-likeness (QED) is 0.800. The van der Waals surface area contributed by atoms with Crippen molar-refractivity contribution >= 4 is 12.0 Å². The van der Waals surface area contributed by atoms with E-state index in [1.165, 1.54) is 12.8 Å². The van der Waals surface area contributed by atoms with Crippen molar-refractivity contribution in [2.75, 3.05) is 39.8 Å². The van der Waals surface area contributed by atoms with E-state index in [0.29, 0.717) is 13.1 Å². The lowest BCUT2D eigenvalue weighted by Crippen LogP contribution is -2.40. The summed E-state index contributed by atoms with van der Waals surface area (Å²) in [5, 5.41) is 11.8. The highest BCUT2D eigenvalue weighted by molar-refractivity contribution is 5.74. The minimum absolute atomic E-state index is 0.0317. The molecule has 2 aliphatic rings. The predicted molar refractivity (Wildman–Crippen MR) is 80.2 cm³/mol. The Morgan fingerprint density at radius 3 is 2.48 bits per heavy atom. The summed E-state index contributed by atoms with van der Waals surface area (Å²) in [6, 6.07) is -0.0317. The molecule has 6 nitrogen and oxygen atoms in total. The van der Waals surface area contributed by atoms with Crippen molar-refractivity contribution in [2.24, 2.45) is 11.8 Å². The Kier molecular flexibility index (Phi) is 5.85. The fourth-order valence-corrected chi connectivity index (χ4v) is 3.28. The molecule has 2 amide bonds. The molecule has 2 aliphatic heterocycles. The number of nitrogens with zero attached hydrogens (tertiary/aromatic N) is 2. The van der Waals surface area contributed by atoms with E-state index >= 15 is 0 Å². The molecule has 0 aliphatic carbocycles. The van der Waals surface area contributed by atoms with E-state index in [2.05, 4.69) is 17.3 Å². The highest BCUT2D eigenvalue weighted by Gasteiger charge is 2.27. The molecule has 2 saturated heterocycles. The first-order valence-electron chi connectivity index (χ1n) is 7.97. The second-order valence-corrected chi connectivity index (χ2v) is 6.47. The molecule has 1 unspecified atom stereocenters. The van der Waals surface area contributed by atoms with Gasteiger partial charge in [0.15, 0.2) is 0 Å². The van der Waals surface area contributed by atoms with Crippen LogP contribution in [-0.4, -0.2) is 66.7 Å². The predicted octanol–water partition coefficient (Wildman–Crippen LogP) is 1.22. The van der Waals surface area contributed by atoms with E-state index in [0.717, 1.165) is 38.4 Å². The standard InChI is InChI=1S/C15H27N3O3/c1-17-7-3-12(4-8-17)2-6-16-15(21)18-9-5-13(11-18)10-14(19)20/h12-13H,2-11H2,1H3,(H,16,21)(H,19,20). The van der Waals surface area contributed by atoms with E-state index < -0.39 is 5.97 Å². The topological polar surface area (TPSA) is 72.9 Å². The third kappa shape index (κ3) is 5.19. The van der Waals surface area contributed by atoms with Crippen molar-refractivity contribution in [3.63, 3.8) is 0 Å². The first-order valence-corrected chi connectivity index (χ1v) is 7.97. The van der Waals surface area contributed by atoms with Crippen molar-refractivity contribution < 1.29 is 14.7 Å². The second kappa shape index (κ2) is 7.64. The van der Waals surface area contributed by atoms with Crippen molar-refractivity contribution in [1.82, 2.24) is 15.1 Å². The van der Waals surface area contributed by atoms with Gasteiger partial charge in [-0.1, -0.05) is 0 Å². The maximum absolute atomic E-state index is 12.0. The number of rotatable bonds is 5. The normalized spacial score (nSPS) is 24.2. The van der Waals surface area contributed by atoms with E-state index in [4.69, 9.17) is 5.11 Å². The summed E-state index contributed by atoms with van der Waals surface area (Å²) < 4.78 is 0. The summed E-state index contributed by atoms with van der Waals surface area (Å²) in [5.41, 5.74) is 0. The largest absolute Gasteiger partial charge is 0.481 e. The fourth-order valence-electron chi connectivity index (χ4n) is 3.28. The Bertz CT molecular complexity index is 367. The summed E-state index contributed by atoms with van der Waals surface area (Å²) in [5.74, 6) is 0.0616. The molecule has 0 spiro atoms. The average Bonchev–Trinajstić information content (AvgIpc) is 2.88. The molecular formula is C15H27N3O3. The molecule has 0 aromatic heterocycles. The van der Waals surface area contributed by atoms with Gasteiger partial charge in [-0.2, -0.15) is 0 Å². The molecular weight excluding hydrogens is 270 g/mol. The highest BCUT2D eigenvalue weighted by Crippen LogP contribution is 2.20. The Balaban J connectivity index is 1.60. The summed E-state index contributed by atoms with van der Waals surface area (Å²) in [4.78, 5) is 26.8. The van der Waals surface area contributed by atoms with E-state index in [-0.39, 0.29) is 18.4 Å². The van der Waals surface area contributed by atoms with Gasteiger partial charge in [0.1, 0.15) is 0 Å². The Hall–Kier alpha value is -1.30. The smallest absolute Gasteiger partial charge is 0.317 e. The SMILES string of the molecule is CN1CCC(CCNC(=O)N2CCC(CC(=O)O)C2)CC1. The first kappa shape index (κ1) is 16.1. The van der Waals surface area contributed by atoms with Crippen LogP contribution in [0.1, 0.15) is 32.1 Å². The van der Waals surface area contributed by atoms with Crippen LogP contribution in [0.4, 0.5) is 4.79 Å². The minimum atomic E-state index is -0.774. The number of piperidine rings is 1. The molecule has 21 heavy (non-hydrogen) atoms. The lowest BCUT2D eigenvalue weighted by atomic mass is 9.94. The zero-order chi connectivity index (χ0) is 15.2. The Morgan fingerprint density at radius 1 is 1.14 bits per heavy atom. The molecule has 6 heteroatoms. The fraction of sp³-hybridized carbons (Fsp3) is 0.867. The van der Waals surface area contributed by atoms with Gasteiger partial charge < -0.3 is 20.2 Å². The Morgan fingerprint density at radius 2 is 1.81 bits per heavy atom. The van der Waals surface area contributed by atoms with Gasteiger partial charge in [-0.25, -0.2) is 4.79 Å². The van der Waals surface area contributed by atoms with E-state index in [1.54, 1.807) is 4.90 Å². The lowest BCUT2D eigenvalue weighted by Gasteiger charge is -2.29. The third-order valence-corrected chi connectivity index (χ3v) is 4.70. The molecule has 120 valence electrons. The number of hydrogen-bond donors (Lipinski definition) is 2. The van der Waals surface area contributed by atoms with Crippen molar-refractivity contribution in [2.45, 2.75) is 32.1 Å². The van der Waals surface area contributed by atoms with E-state index in [1.807, 2.05) is 0 Å². The van der Waals surface area contributed by atoms with Gasteiger partial charge >= 0.3 is 12.0 Å². The van der Waals surface area contributed by atoms with Gasteiger partial charge in [-0.05, 0) is 57.7 Å². The molecule has 2 N–H and O–H groups in total. The van der Waals surface area contributed by atoms with Crippen LogP contribution in [0.5, 0.6) is 0 Å². The van der Waals surface area contributed by atoms with Gasteiger partial charge in [0.05, 0.1) is 0 Å². The molecule has 0 aromatic carbocycles. The van der Waals surface area contributed by atoms with Gasteiger partial charge in [0.2, 0.25) is 0 Å². The summed E-state index contributed by atoms with van der Waals surface area (Å²) in [6.45, 7) is 4.29. The third-order valence-electron chi connectivity index (χ3n) is 4.70.